The number of aromatic nitrogens is 2. The number of allylic oxidation sites excluding steroid dienone is 1. The van der Waals surface area contributed by atoms with E-state index in [1.165, 1.54) is 30.5 Å². The number of hydrogen-bond acceptors (Lipinski definition) is 7. The summed E-state index contributed by atoms with van der Waals surface area (Å²) in [5.41, 5.74) is 3.17. The Hall–Kier alpha value is -4.10. The van der Waals surface area contributed by atoms with Crippen molar-refractivity contribution in [1.29, 1.82) is 5.26 Å². The summed E-state index contributed by atoms with van der Waals surface area (Å²) < 4.78 is 44.2. The number of amides is 1. The molecule has 180 valence electrons. The van der Waals surface area contributed by atoms with Gasteiger partial charge in [-0.2, -0.15) is 10.2 Å². The van der Waals surface area contributed by atoms with Gasteiger partial charge in [-0.15, -0.1) is 0 Å². The quantitative estimate of drug-likeness (QED) is 0.356. The molecule has 8 nitrogen and oxygen atoms in total. The third kappa shape index (κ3) is 7.19. The first-order valence-electron chi connectivity index (χ1n) is 10.6. The van der Waals surface area contributed by atoms with E-state index in [4.69, 9.17) is 10.00 Å². The zero-order valence-electron chi connectivity index (χ0n) is 19.2. The summed E-state index contributed by atoms with van der Waals surface area (Å²) in [6, 6.07) is 12.8. The predicted octanol–water partition coefficient (Wildman–Crippen LogP) is 3.69. The van der Waals surface area contributed by atoms with Crippen molar-refractivity contribution in [2.24, 2.45) is 0 Å². The van der Waals surface area contributed by atoms with Gasteiger partial charge in [0.15, 0.2) is 0 Å². The van der Waals surface area contributed by atoms with Crippen LogP contribution in [0.3, 0.4) is 0 Å². The molecule has 0 saturated heterocycles. The molecule has 3 rings (SSSR count). The van der Waals surface area contributed by atoms with Crippen LogP contribution in [0.2, 0.25) is 0 Å². The Kier molecular flexibility index (Phi) is 8.28. The van der Waals surface area contributed by atoms with Crippen LogP contribution in [0.1, 0.15) is 22.3 Å². The second-order valence-corrected chi connectivity index (χ2v) is 9.59. The normalized spacial score (nSPS) is 11.3. The smallest absolute Gasteiger partial charge is 0.250 e. The van der Waals surface area contributed by atoms with Crippen molar-refractivity contribution < 1.29 is 22.3 Å². The number of benzene rings is 2. The number of halogens is 1. The highest BCUT2D eigenvalue weighted by molar-refractivity contribution is 7.91. The van der Waals surface area contributed by atoms with Crippen LogP contribution in [-0.4, -0.2) is 36.6 Å². The van der Waals surface area contributed by atoms with Crippen LogP contribution < -0.4 is 10.1 Å². The Balaban J connectivity index is 1.66. The number of nitriles is 1. The van der Waals surface area contributed by atoms with Gasteiger partial charge in [-0.1, -0.05) is 12.1 Å². The summed E-state index contributed by atoms with van der Waals surface area (Å²) in [7, 11) is -4.12. The van der Waals surface area contributed by atoms with Gasteiger partial charge in [0.2, 0.25) is 21.6 Å². The molecule has 10 heteroatoms. The van der Waals surface area contributed by atoms with Gasteiger partial charge in [0.1, 0.15) is 17.3 Å². The minimum atomic E-state index is -4.12. The molecule has 1 amide bonds. The van der Waals surface area contributed by atoms with Crippen molar-refractivity contribution in [2.45, 2.75) is 25.4 Å². The molecule has 0 radical (unpaired) electrons. The van der Waals surface area contributed by atoms with Crippen molar-refractivity contribution in [3.05, 3.63) is 82.8 Å². The highest BCUT2D eigenvalue weighted by atomic mass is 32.2. The molecule has 1 aromatic heterocycles. The highest BCUT2D eigenvalue weighted by Gasteiger charge is 2.23. The Bertz CT molecular complexity index is 1370. The Morgan fingerprint density at radius 3 is 2.51 bits per heavy atom. The average Bonchev–Trinajstić information content (AvgIpc) is 2.81. The minimum Gasteiger partial charge on any atom is -0.438 e. The van der Waals surface area contributed by atoms with Crippen molar-refractivity contribution >= 4 is 21.8 Å². The van der Waals surface area contributed by atoms with E-state index in [1.807, 2.05) is 32.0 Å². The van der Waals surface area contributed by atoms with E-state index in [-0.39, 0.29) is 18.2 Å². The van der Waals surface area contributed by atoms with Crippen LogP contribution in [0.5, 0.6) is 11.6 Å². The first-order chi connectivity index (χ1) is 16.7. The van der Waals surface area contributed by atoms with E-state index in [9.17, 15) is 17.6 Å². The van der Waals surface area contributed by atoms with Gasteiger partial charge in [0.25, 0.3) is 5.16 Å². The van der Waals surface area contributed by atoms with Crippen molar-refractivity contribution in [3.8, 4) is 17.7 Å². The fourth-order valence-electron chi connectivity index (χ4n) is 3.30. The molecule has 0 aliphatic rings. The molecule has 0 atom stereocenters. The van der Waals surface area contributed by atoms with E-state index in [1.54, 1.807) is 18.2 Å². The van der Waals surface area contributed by atoms with Crippen molar-refractivity contribution in [2.75, 3.05) is 12.3 Å². The van der Waals surface area contributed by atoms with Crippen LogP contribution in [0, 0.1) is 31.0 Å². The van der Waals surface area contributed by atoms with Crippen LogP contribution in [-0.2, 0) is 21.1 Å². The predicted molar refractivity (Wildman–Crippen MR) is 128 cm³/mol. The maximum atomic E-state index is 13.0. The lowest BCUT2D eigenvalue weighted by Gasteiger charge is -2.12. The van der Waals surface area contributed by atoms with Gasteiger partial charge in [-0.3, -0.25) is 4.79 Å². The lowest BCUT2D eigenvalue weighted by atomic mass is 10.1. The number of nitrogens with one attached hydrogen (secondary N) is 1. The number of hydrogen-bond donors (Lipinski definition) is 1. The van der Waals surface area contributed by atoms with Crippen molar-refractivity contribution in [3.63, 3.8) is 0 Å². The van der Waals surface area contributed by atoms with Gasteiger partial charge in [-0.05, 0) is 72.9 Å². The summed E-state index contributed by atoms with van der Waals surface area (Å²) in [5, 5.41) is 10.7. The van der Waals surface area contributed by atoms with E-state index in [0.717, 1.165) is 22.3 Å². The number of sulfone groups is 1. The zero-order chi connectivity index (χ0) is 25.4. The molecular weight excluding hydrogens is 471 g/mol. The highest BCUT2D eigenvalue weighted by Crippen LogP contribution is 2.29. The number of nitrogens with zero attached hydrogens (tertiary/aromatic N) is 3. The molecule has 0 aliphatic heterocycles. The van der Waals surface area contributed by atoms with E-state index >= 15 is 0 Å². The minimum absolute atomic E-state index is 0.0156. The maximum absolute atomic E-state index is 13.0. The number of rotatable bonds is 9. The maximum Gasteiger partial charge on any atom is 0.250 e. The van der Waals surface area contributed by atoms with Gasteiger partial charge >= 0.3 is 0 Å². The lowest BCUT2D eigenvalue weighted by Crippen LogP contribution is -2.32. The third-order valence-electron chi connectivity index (χ3n) is 4.90. The molecule has 0 bridgehead atoms. The molecule has 0 fully saturated rings. The Morgan fingerprint density at radius 1 is 1.17 bits per heavy atom. The number of ether oxygens (including phenoxy) is 1. The third-order valence-corrected chi connectivity index (χ3v) is 6.29. The zero-order valence-corrected chi connectivity index (χ0v) is 20.0. The van der Waals surface area contributed by atoms with Gasteiger partial charge in [-0.25, -0.2) is 17.8 Å². The van der Waals surface area contributed by atoms with Crippen LogP contribution >= 0.6 is 0 Å². The number of carbonyl (C=O) groups is 1. The second-order valence-electron chi connectivity index (χ2n) is 7.71. The molecule has 35 heavy (non-hydrogen) atoms. The van der Waals surface area contributed by atoms with E-state index < -0.39 is 26.7 Å². The average molecular weight is 495 g/mol. The monoisotopic (exact) mass is 494 g/mol. The summed E-state index contributed by atoms with van der Waals surface area (Å²) in [6.45, 7) is 3.84. The Morgan fingerprint density at radius 2 is 1.86 bits per heavy atom. The topological polar surface area (TPSA) is 122 Å². The molecule has 1 N–H and O–H groups in total. The van der Waals surface area contributed by atoms with Crippen LogP contribution in [0.4, 0.5) is 4.39 Å². The van der Waals surface area contributed by atoms with Gasteiger partial charge in [0, 0.05) is 24.9 Å². The summed E-state index contributed by atoms with van der Waals surface area (Å²) >= 11 is 0. The molecule has 0 saturated carbocycles. The number of aryl methyl sites for hydroxylation is 2. The van der Waals surface area contributed by atoms with Gasteiger partial charge < -0.3 is 10.1 Å². The fourth-order valence-corrected chi connectivity index (χ4v) is 4.32. The molecule has 3 aromatic rings. The van der Waals surface area contributed by atoms with Gasteiger partial charge in [0.05, 0.1) is 6.07 Å². The summed E-state index contributed by atoms with van der Waals surface area (Å²) in [5.74, 6) is -1.36. The molecular formula is C25H23FN4O4S. The van der Waals surface area contributed by atoms with Crippen LogP contribution in [0.15, 0.2) is 59.9 Å². The first kappa shape index (κ1) is 25.5. The first-order valence-corrected chi connectivity index (χ1v) is 12.3. The van der Waals surface area contributed by atoms with E-state index in [2.05, 4.69) is 15.3 Å². The number of carbonyl (C=O) groups excluding carboxylic acids is 1. The standard InChI is InChI=1S/C25H23FN4O4S/c1-17-14-20(4-3-11-27)15-18(2)24(17)34-23-10-13-29-25(30-23)35(32,33)16-22(31)28-12-9-19-5-7-21(26)8-6-19/h3-8,10,13-15H,9,12,16H2,1-2H3,(H,28,31)/b4-3+. The molecule has 1 heterocycles. The SMILES string of the molecule is Cc1cc(/C=C/C#N)cc(C)c1Oc1ccnc(S(=O)(=O)CC(=O)NCCc2ccc(F)cc2)n1. The largest absolute Gasteiger partial charge is 0.438 e. The van der Waals surface area contributed by atoms with Crippen LogP contribution in [0.25, 0.3) is 6.08 Å². The molecule has 0 unspecified atom stereocenters. The lowest BCUT2D eigenvalue weighted by molar-refractivity contribution is -0.118. The Labute approximate surface area is 203 Å². The molecule has 0 spiro atoms. The summed E-state index contributed by atoms with van der Waals surface area (Å²) in [6.07, 6.45) is 4.71. The summed E-state index contributed by atoms with van der Waals surface area (Å²) in [4.78, 5) is 20.0. The fraction of sp³-hybridized carbons (Fsp3) is 0.200. The second kappa shape index (κ2) is 11.4. The molecule has 0 aliphatic carbocycles. The molecule has 2 aromatic carbocycles. The van der Waals surface area contributed by atoms with Crippen molar-refractivity contribution in [1.82, 2.24) is 15.3 Å². The van der Waals surface area contributed by atoms with E-state index in [0.29, 0.717) is 12.2 Å².